The molecule has 0 heterocycles. The van der Waals surface area contributed by atoms with E-state index in [1.807, 2.05) is 36.4 Å². The predicted octanol–water partition coefficient (Wildman–Crippen LogP) is 5.96. The van der Waals surface area contributed by atoms with Crippen molar-refractivity contribution in [1.82, 2.24) is 0 Å². The van der Waals surface area contributed by atoms with Crippen LogP contribution in [0.25, 0.3) is 11.1 Å². The smallest absolute Gasteiger partial charge is 0.122 e. The van der Waals surface area contributed by atoms with E-state index in [2.05, 4.69) is 27.7 Å². The fraction of sp³-hybridized carbons (Fsp3) is 0.333. The van der Waals surface area contributed by atoms with Gasteiger partial charge in [-0.2, -0.15) is 0 Å². The molecule has 20 heavy (non-hydrogen) atoms. The van der Waals surface area contributed by atoms with Crippen LogP contribution in [0.4, 0.5) is 0 Å². The van der Waals surface area contributed by atoms with Crippen LogP contribution in [0.15, 0.2) is 36.4 Å². The SMILES string of the molecule is CC(C)c1cc(-c2ccccc2Cl)cc(C(C)C)c1O. The Bertz CT molecular complexity index is 586. The number of aromatic hydroxyl groups is 1. The summed E-state index contributed by atoms with van der Waals surface area (Å²) in [4.78, 5) is 0. The molecule has 0 aliphatic carbocycles. The molecule has 106 valence electrons. The van der Waals surface area contributed by atoms with Crippen molar-refractivity contribution in [3.63, 3.8) is 0 Å². The molecule has 0 atom stereocenters. The van der Waals surface area contributed by atoms with E-state index in [0.717, 1.165) is 27.3 Å². The van der Waals surface area contributed by atoms with Crippen molar-refractivity contribution < 1.29 is 5.11 Å². The Kier molecular flexibility index (Phi) is 4.39. The van der Waals surface area contributed by atoms with E-state index in [0.29, 0.717) is 5.75 Å². The number of benzene rings is 2. The van der Waals surface area contributed by atoms with Gasteiger partial charge in [-0.3, -0.25) is 0 Å². The van der Waals surface area contributed by atoms with Gasteiger partial charge in [-0.25, -0.2) is 0 Å². The number of hydrogen-bond acceptors (Lipinski definition) is 1. The van der Waals surface area contributed by atoms with Crippen LogP contribution in [0.3, 0.4) is 0 Å². The van der Waals surface area contributed by atoms with Gasteiger partial charge in [0, 0.05) is 10.6 Å². The molecule has 2 heteroatoms. The lowest BCUT2D eigenvalue weighted by molar-refractivity contribution is 0.454. The Labute approximate surface area is 126 Å². The van der Waals surface area contributed by atoms with E-state index in [1.165, 1.54) is 0 Å². The molecule has 0 saturated heterocycles. The van der Waals surface area contributed by atoms with Gasteiger partial charge < -0.3 is 5.11 Å². The minimum atomic E-state index is 0.273. The van der Waals surface area contributed by atoms with Crippen LogP contribution in [0.5, 0.6) is 5.75 Å². The molecule has 0 saturated carbocycles. The lowest BCUT2D eigenvalue weighted by Gasteiger charge is -2.18. The van der Waals surface area contributed by atoms with Gasteiger partial charge in [0.15, 0.2) is 0 Å². The van der Waals surface area contributed by atoms with Crippen molar-refractivity contribution in [3.8, 4) is 16.9 Å². The van der Waals surface area contributed by atoms with E-state index in [4.69, 9.17) is 11.6 Å². The summed E-state index contributed by atoms with van der Waals surface area (Å²) >= 11 is 6.30. The molecule has 1 N–H and O–H groups in total. The Balaban J connectivity index is 2.69. The van der Waals surface area contributed by atoms with Gasteiger partial charge in [0.25, 0.3) is 0 Å². The van der Waals surface area contributed by atoms with E-state index in [9.17, 15) is 5.11 Å². The summed E-state index contributed by atoms with van der Waals surface area (Å²) in [5, 5.41) is 11.2. The van der Waals surface area contributed by atoms with Crippen LogP contribution < -0.4 is 0 Å². The summed E-state index contributed by atoms with van der Waals surface area (Å²) in [7, 11) is 0. The topological polar surface area (TPSA) is 20.2 Å². The monoisotopic (exact) mass is 288 g/mol. The summed E-state index contributed by atoms with van der Waals surface area (Å²) in [6.45, 7) is 8.37. The van der Waals surface area contributed by atoms with Crippen LogP contribution in [0.2, 0.25) is 5.02 Å². The van der Waals surface area contributed by atoms with Gasteiger partial charge in [0.2, 0.25) is 0 Å². The minimum absolute atomic E-state index is 0.273. The third kappa shape index (κ3) is 2.83. The molecule has 0 bridgehead atoms. The highest BCUT2D eigenvalue weighted by molar-refractivity contribution is 6.33. The van der Waals surface area contributed by atoms with Crippen LogP contribution >= 0.6 is 11.6 Å². The zero-order valence-electron chi connectivity index (χ0n) is 12.4. The zero-order valence-corrected chi connectivity index (χ0v) is 13.2. The number of phenolic OH excluding ortho intramolecular Hbond substituents is 1. The first-order valence-corrected chi connectivity index (χ1v) is 7.41. The van der Waals surface area contributed by atoms with Crippen LogP contribution in [0, 0.1) is 0 Å². The van der Waals surface area contributed by atoms with Crippen molar-refractivity contribution >= 4 is 11.6 Å². The highest BCUT2D eigenvalue weighted by atomic mass is 35.5. The third-order valence-electron chi connectivity index (χ3n) is 3.60. The first kappa shape index (κ1) is 14.9. The molecular formula is C18H21ClO. The second-order valence-electron chi connectivity index (χ2n) is 5.79. The maximum Gasteiger partial charge on any atom is 0.122 e. The molecule has 2 rings (SSSR count). The fourth-order valence-electron chi connectivity index (χ4n) is 2.41. The molecule has 0 aromatic heterocycles. The maximum absolute atomic E-state index is 10.4. The van der Waals surface area contributed by atoms with Crippen molar-refractivity contribution in [1.29, 1.82) is 0 Å². The molecule has 2 aromatic carbocycles. The molecular weight excluding hydrogens is 268 g/mol. The van der Waals surface area contributed by atoms with Crippen LogP contribution in [-0.2, 0) is 0 Å². The van der Waals surface area contributed by atoms with Crippen molar-refractivity contribution in [3.05, 3.63) is 52.5 Å². The summed E-state index contributed by atoms with van der Waals surface area (Å²) in [5.41, 5.74) is 4.04. The first-order valence-electron chi connectivity index (χ1n) is 7.03. The van der Waals surface area contributed by atoms with Gasteiger partial charge in [0.05, 0.1) is 0 Å². The zero-order chi connectivity index (χ0) is 14.9. The Morgan fingerprint density at radius 3 is 1.85 bits per heavy atom. The largest absolute Gasteiger partial charge is 0.507 e. The van der Waals surface area contributed by atoms with Gasteiger partial charge >= 0.3 is 0 Å². The first-order chi connectivity index (χ1) is 9.41. The second-order valence-corrected chi connectivity index (χ2v) is 6.20. The predicted molar refractivity (Wildman–Crippen MR) is 86.7 cm³/mol. The van der Waals surface area contributed by atoms with Crippen LogP contribution in [-0.4, -0.2) is 5.11 Å². The van der Waals surface area contributed by atoms with Gasteiger partial charge in [-0.05, 0) is 46.7 Å². The fourth-order valence-corrected chi connectivity index (χ4v) is 2.66. The molecule has 0 aliphatic heterocycles. The van der Waals surface area contributed by atoms with Gasteiger partial charge in [-0.15, -0.1) is 0 Å². The van der Waals surface area contributed by atoms with E-state index in [1.54, 1.807) is 0 Å². The summed E-state index contributed by atoms with van der Waals surface area (Å²) in [5.74, 6) is 0.968. The molecule has 0 spiro atoms. The number of phenols is 1. The normalized spacial score (nSPS) is 11.3. The molecule has 0 amide bonds. The van der Waals surface area contributed by atoms with Gasteiger partial charge in [0.1, 0.15) is 5.75 Å². The maximum atomic E-state index is 10.4. The number of halogens is 1. The van der Waals surface area contributed by atoms with Crippen molar-refractivity contribution in [2.45, 2.75) is 39.5 Å². The van der Waals surface area contributed by atoms with E-state index < -0.39 is 0 Å². The van der Waals surface area contributed by atoms with Crippen molar-refractivity contribution in [2.24, 2.45) is 0 Å². The third-order valence-corrected chi connectivity index (χ3v) is 3.93. The number of rotatable bonds is 3. The average molecular weight is 289 g/mol. The second kappa shape index (κ2) is 5.88. The van der Waals surface area contributed by atoms with Crippen molar-refractivity contribution in [2.75, 3.05) is 0 Å². The average Bonchev–Trinajstić information content (AvgIpc) is 2.39. The minimum Gasteiger partial charge on any atom is -0.507 e. The molecule has 1 nitrogen and oxygen atoms in total. The lowest BCUT2D eigenvalue weighted by Crippen LogP contribution is -1.97. The van der Waals surface area contributed by atoms with E-state index in [-0.39, 0.29) is 11.8 Å². The highest BCUT2D eigenvalue weighted by Gasteiger charge is 2.16. The quantitative estimate of drug-likeness (QED) is 0.739. The summed E-state index contributed by atoms with van der Waals surface area (Å²) in [6.07, 6.45) is 0. The molecule has 2 aromatic rings. The molecule has 0 aliphatic rings. The van der Waals surface area contributed by atoms with Gasteiger partial charge in [-0.1, -0.05) is 57.5 Å². The number of hydrogen-bond donors (Lipinski definition) is 1. The molecule has 0 unspecified atom stereocenters. The Morgan fingerprint density at radius 2 is 1.40 bits per heavy atom. The molecule has 0 radical (unpaired) electrons. The molecule has 0 fully saturated rings. The Morgan fingerprint density at radius 1 is 0.900 bits per heavy atom. The van der Waals surface area contributed by atoms with E-state index >= 15 is 0 Å². The highest BCUT2D eigenvalue weighted by Crippen LogP contribution is 2.39. The summed E-state index contributed by atoms with van der Waals surface area (Å²) in [6, 6.07) is 11.9. The van der Waals surface area contributed by atoms with Crippen LogP contribution in [0.1, 0.15) is 50.7 Å². The Hall–Kier alpha value is -1.47. The summed E-state index contributed by atoms with van der Waals surface area (Å²) < 4.78 is 0. The standard InChI is InChI=1S/C18H21ClO/c1-11(2)15-9-13(10-16(12(3)4)18(15)20)14-7-5-6-8-17(14)19/h5-12,20H,1-4H3. The lowest BCUT2D eigenvalue weighted by atomic mass is 9.89.